The van der Waals surface area contributed by atoms with Crippen molar-refractivity contribution in [2.75, 3.05) is 18.4 Å². The standard InChI is InChI=1S/C14H20BrN3O2S/c15-11-9-10(21(16,19)20)4-5-12(11)17-13-6-8-18-7-2-1-3-14(13)18/h4-5,9,13-14,17H,1-3,6-8H2,(H2,16,19,20). The molecule has 7 heteroatoms. The van der Waals surface area contributed by atoms with Gasteiger partial charge in [-0.25, -0.2) is 13.6 Å². The van der Waals surface area contributed by atoms with Gasteiger partial charge in [-0.3, -0.25) is 4.90 Å². The molecule has 2 unspecified atom stereocenters. The van der Waals surface area contributed by atoms with Gasteiger partial charge in [0, 0.05) is 28.8 Å². The van der Waals surface area contributed by atoms with Crippen LogP contribution in [-0.2, 0) is 10.0 Å². The van der Waals surface area contributed by atoms with E-state index in [1.54, 1.807) is 18.2 Å². The number of fused-ring (bicyclic) bond motifs is 1. The van der Waals surface area contributed by atoms with Crippen molar-refractivity contribution in [3.8, 4) is 0 Å². The molecule has 0 amide bonds. The minimum Gasteiger partial charge on any atom is -0.380 e. The molecule has 0 aromatic heterocycles. The summed E-state index contributed by atoms with van der Waals surface area (Å²) >= 11 is 3.44. The van der Waals surface area contributed by atoms with Gasteiger partial charge in [0.15, 0.2) is 0 Å². The van der Waals surface area contributed by atoms with Gasteiger partial charge >= 0.3 is 0 Å². The highest BCUT2D eigenvalue weighted by Gasteiger charge is 2.35. The Labute approximate surface area is 134 Å². The van der Waals surface area contributed by atoms with Gasteiger partial charge in [0.05, 0.1) is 4.90 Å². The second kappa shape index (κ2) is 5.87. The van der Waals surface area contributed by atoms with E-state index in [1.165, 1.54) is 25.8 Å². The Kier molecular flexibility index (Phi) is 4.27. The van der Waals surface area contributed by atoms with Crippen LogP contribution in [0.1, 0.15) is 25.7 Å². The normalized spacial score (nSPS) is 26.6. The maximum absolute atomic E-state index is 11.4. The molecule has 1 aromatic rings. The average Bonchev–Trinajstić information content (AvgIpc) is 2.83. The number of nitrogens with two attached hydrogens (primary N) is 1. The van der Waals surface area contributed by atoms with E-state index in [9.17, 15) is 8.42 Å². The molecule has 116 valence electrons. The fourth-order valence-corrected chi connectivity index (χ4v) is 4.59. The predicted molar refractivity (Wildman–Crippen MR) is 86.8 cm³/mol. The van der Waals surface area contributed by atoms with Crippen LogP contribution in [0.3, 0.4) is 0 Å². The highest BCUT2D eigenvalue weighted by atomic mass is 79.9. The molecule has 0 spiro atoms. The lowest BCUT2D eigenvalue weighted by Gasteiger charge is -2.33. The first-order chi connectivity index (χ1) is 9.95. The third-order valence-corrected chi connectivity index (χ3v) is 6.03. The first-order valence-corrected chi connectivity index (χ1v) is 9.62. The maximum atomic E-state index is 11.4. The van der Waals surface area contributed by atoms with E-state index in [1.807, 2.05) is 0 Å². The van der Waals surface area contributed by atoms with E-state index in [4.69, 9.17) is 5.14 Å². The van der Waals surface area contributed by atoms with Gasteiger partial charge in [-0.1, -0.05) is 6.42 Å². The summed E-state index contributed by atoms with van der Waals surface area (Å²) in [5.74, 6) is 0. The van der Waals surface area contributed by atoms with Crippen LogP contribution in [0, 0.1) is 0 Å². The SMILES string of the molecule is NS(=O)(=O)c1ccc(NC2CCN3CCCCC23)c(Br)c1. The summed E-state index contributed by atoms with van der Waals surface area (Å²) in [6.45, 7) is 2.35. The van der Waals surface area contributed by atoms with Gasteiger partial charge < -0.3 is 5.32 Å². The number of nitrogens with one attached hydrogen (secondary N) is 1. The van der Waals surface area contributed by atoms with Crippen LogP contribution in [0.2, 0.25) is 0 Å². The molecule has 2 saturated heterocycles. The van der Waals surface area contributed by atoms with Crippen molar-refractivity contribution in [1.29, 1.82) is 0 Å². The van der Waals surface area contributed by atoms with Crippen molar-refractivity contribution < 1.29 is 8.42 Å². The Hall–Kier alpha value is -0.630. The number of nitrogens with zero attached hydrogens (tertiary/aromatic N) is 1. The number of halogens is 1. The van der Waals surface area contributed by atoms with Crippen molar-refractivity contribution in [3.63, 3.8) is 0 Å². The van der Waals surface area contributed by atoms with E-state index in [2.05, 4.69) is 26.1 Å². The van der Waals surface area contributed by atoms with Crippen LogP contribution in [0.4, 0.5) is 5.69 Å². The topological polar surface area (TPSA) is 75.4 Å². The molecule has 0 saturated carbocycles. The Morgan fingerprint density at radius 3 is 2.76 bits per heavy atom. The van der Waals surface area contributed by atoms with Gasteiger partial charge in [0.25, 0.3) is 0 Å². The average molecular weight is 374 g/mol. The van der Waals surface area contributed by atoms with Crippen molar-refractivity contribution in [2.24, 2.45) is 5.14 Å². The zero-order valence-electron chi connectivity index (χ0n) is 11.8. The van der Waals surface area contributed by atoms with Crippen LogP contribution < -0.4 is 10.5 Å². The van der Waals surface area contributed by atoms with Crippen LogP contribution >= 0.6 is 15.9 Å². The summed E-state index contributed by atoms with van der Waals surface area (Å²) in [6.07, 6.45) is 4.97. The highest BCUT2D eigenvalue weighted by molar-refractivity contribution is 9.10. The van der Waals surface area contributed by atoms with Crippen LogP contribution in [0.25, 0.3) is 0 Å². The van der Waals surface area contributed by atoms with Gasteiger partial charge in [0.1, 0.15) is 0 Å². The number of sulfonamides is 1. The largest absolute Gasteiger partial charge is 0.380 e. The van der Waals surface area contributed by atoms with Crippen LogP contribution in [-0.4, -0.2) is 38.5 Å². The van der Waals surface area contributed by atoms with Gasteiger partial charge in [0.2, 0.25) is 10.0 Å². The molecular weight excluding hydrogens is 354 g/mol. The molecule has 2 aliphatic heterocycles. The first kappa shape index (κ1) is 15.3. The van der Waals surface area contributed by atoms with Crippen molar-refractivity contribution in [1.82, 2.24) is 4.90 Å². The van der Waals surface area contributed by atoms with Crippen molar-refractivity contribution in [3.05, 3.63) is 22.7 Å². The zero-order valence-corrected chi connectivity index (χ0v) is 14.2. The van der Waals surface area contributed by atoms with Gasteiger partial charge in [-0.2, -0.15) is 0 Å². The number of piperidine rings is 1. The summed E-state index contributed by atoms with van der Waals surface area (Å²) in [5, 5.41) is 8.71. The molecule has 2 fully saturated rings. The molecule has 21 heavy (non-hydrogen) atoms. The molecule has 0 bridgehead atoms. The molecule has 2 heterocycles. The summed E-state index contributed by atoms with van der Waals surface area (Å²) in [7, 11) is -3.65. The third kappa shape index (κ3) is 3.26. The minimum absolute atomic E-state index is 0.130. The van der Waals surface area contributed by atoms with Crippen LogP contribution in [0.15, 0.2) is 27.6 Å². The maximum Gasteiger partial charge on any atom is 0.238 e. The number of anilines is 1. The van der Waals surface area contributed by atoms with Crippen molar-refractivity contribution >= 4 is 31.6 Å². The van der Waals surface area contributed by atoms with E-state index < -0.39 is 10.0 Å². The Bertz CT molecular complexity index is 635. The van der Waals surface area contributed by atoms with E-state index in [0.717, 1.165) is 23.1 Å². The van der Waals surface area contributed by atoms with E-state index >= 15 is 0 Å². The Morgan fingerprint density at radius 2 is 2.05 bits per heavy atom. The monoisotopic (exact) mass is 373 g/mol. The summed E-state index contributed by atoms with van der Waals surface area (Å²) in [5.41, 5.74) is 0.930. The summed E-state index contributed by atoms with van der Waals surface area (Å²) < 4.78 is 23.5. The predicted octanol–water partition coefficient (Wildman–Crippen LogP) is 2.14. The molecule has 5 nitrogen and oxygen atoms in total. The molecule has 3 rings (SSSR count). The van der Waals surface area contributed by atoms with E-state index in [-0.39, 0.29) is 4.90 Å². The number of benzene rings is 1. The third-order valence-electron chi connectivity index (χ3n) is 4.47. The highest BCUT2D eigenvalue weighted by Crippen LogP contribution is 2.32. The first-order valence-electron chi connectivity index (χ1n) is 7.28. The second-order valence-corrected chi connectivity index (χ2v) is 8.24. The molecule has 0 radical (unpaired) electrons. The second-order valence-electron chi connectivity index (χ2n) is 5.83. The number of hydrogen-bond acceptors (Lipinski definition) is 4. The lowest BCUT2D eigenvalue weighted by atomic mass is 9.99. The van der Waals surface area contributed by atoms with Crippen molar-refractivity contribution in [2.45, 2.75) is 42.7 Å². The molecular formula is C14H20BrN3O2S. The zero-order chi connectivity index (χ0) is 15.0. The smallest absolute Gasteiger partial charge is 0.238 e. The quantitative estimate of drug-likeness (QED) is 0.850. The lowest BCUT2D eigenvalue weighted by molar-refractivity contribution is 0.193. The lowest BCUT2D eigenvalue weighted by Crippen LogP contribution is -2.41. The minimum atomic E-state index is -3.65. The molecule has 2 atom stereocenters. The fourth-order valence-electron chi connectivity index (χ4n) is 3.41. The summed E-state index contributed by atoms with van der Waals surface area (Å²) in [4.78, 5) is 2.69. The van der Waals surface area contributed by atoms with Gasteiger partial charge in [-0.15, -0.1) is 0 Å². The number of hydrogen-bond donors (Lipinski definition) is 2. The summed E-state index contributed by atoms with van der Waals surface area (Å²) in [6, 6.07) is 5.93. The number of rotatable bonds is 3. The molecule has 0 aliphatic carbocycles. The molecule has 1 aromatic carbocycles. The number of primary sulfonamides is 1. The molecule has 2 aliphatic rings. The Morgan fingerprint density at radius 1 is 1.24 bits per heavy atom. The van der Waals surface area contributed by atoms with E-state index in [0.29, 0.717) is 12.1 Å². The van der Waals surface area contributed by atoms with Gasteiger partial charge in [-0.05, 0) is 59.9 Å². The molecule has 3 N–H and O–H groups in total. The van der Waals surface area contributed by atoms with Crippen LogP contribution in [0.5, 0.6) is 0 Å². The Balaban J connectivity index is 1.76. The fraction of sp³-hybridized carbons (Fsp3) is 0.571.